The molecule has 0 radical (unpaired) electrons. The van der Waals surface area contributed by atoms with Crippen LogP contribution in [-0.2, 0) is 13.0 Å². The van der Waals surface area contributed by atoms with Crippen LogP contribution in [-0.4, -0.2) is 17.4 Å². The van der Waals surface area contributed by atoms with Gasteiger partial charge < -0.3 is 4.90 Å². The van der Waals surface area contributed by atoms with Crippen molar-refractivity contribution in [1.82, 2.24) is 4.90 Å². The summed E-state index contributed by atoms with van der Waals surface area (Å²) in [6.45, 7) is 7.55. The Labute approximate surface area is 127 Å². The van der Waals surface area contributed by atoms with E-state index in [0.717, 1.165) is 30.6 Å². The van der Waals surface area contributed by atoms with E-state index in [-0.39, 0.29) is 5.91 Å². The van der Waals surface area contributed by atoms with Crippen molar-refractivity contribution in [3.63, 3.8) is 0 Å². The highest BCUT2D eigenvalue weighted by molar-refractivity contribution is 5.94. The molecule has 1 amide bonds. The van der Waals surface area contributed by atoms with Crippen LogP contribution in [0.15, 0.2) is 48.5 Å². The third kappa shape index (κ3) is 3.52. The zero-order chi connectivity index (χ0) is 15.2. The number of rotatable bonds is 1. The van der Waals surface area contributed by atoms with Crippen molar-refractivity contribution in [2.75, 3.05) is 6.54 Å². The number of aryl methyl sites for hydroxylation is 1. The van der Waals surface area contributed by atoms with Crippen LogP contribution in [0.2, 0.25) is 0 Å². The number of amides is 1. The summed E-state index contributed by atoms with van der Waals surface area (Å²) in [6, 6.07) is 16.2. The first-order valence-corrected chi connectivity index (χ1v) is 7.67. The van der Waals surface area contributed by atoms with Gasteiger partial charge in [0.2, 0.25) is 0 Å². The molecule has 2 aromatic rings. The van der Waals surface area contributed by atoms with Gasteiger partial charge in [0.15, 0.2) is 0 Å². The van der Waals surface area contributed by atoms with Crippen LogP contribution in [0.1, 0.15) is 40.9 Å². The van der Waals surface area contributed by atoms with Gasteiger partial charge >= 0.3 is 0 Å². The first-order chi connectivity index (χ1) is 10.2. The summed E-state index contributed by atoms with van der Waals surface area (Å²) in [4.78, 5) is 14.4. The van der Waals surface area contributed by atoms with Gasteiger partial charge in [-0.05, 0) is 36.6 Å². The molecular formula is C19H23NO. The Balaban J connectivity index is 0.000000774. The standard InChI is InChI=1S/C17H17NO.C2H6/c1-13-5-4-8-15(11-13)17(19)18-10-9-14-6-2-3-7-16(14)12-18;1-2/h2-8,11H,9-10,12H2,1H3;1-2H3. The predicted molar refractivity (Wildman–Crippen MR) is 87.4 cm³/mol. The lowest BCUT2D eigenvalue weighted by atomic mass is 9.99. The van der Waals surface area contributed by atoms with E-state index in [1.165, 1.54) is 11.1 Å². The smallest absolute Gasteiger partial charge is 0.254 e. The van der Waals surface area contributed by atoms with Gasteiger partial charge in [0.25, 0.3) is 5.91 Å². The summed E-state index contributed by atoms with van der Waals surface area (Å²) >= 11 is 0. The lowest BCUT2D eigenvalue weighted by molar-refractivity contribution is 0.0734. The van der Waals surface area contributed by atoms with E-state index in [1.54, 1.807) is 0 Å². The maximum Gasteiger partial charge on any atom is 0.254 e. The van der Waals surface area contributed by atoms with Gasteiger partial charge in [-0.15, -0.1) is 0 Å². The van der Waals surface area contributed by atoms with Gasteiger partial charge in [0.1, 0.15) is 0 Å². The number of carbonyl (C=O) groups excluding carboxylic acids is 1. The first kappa shape index (κ1) is 15.3. The summed E-state index contributed by atoms with van der Waals surface area (Å²) in [5.41, 5.74) is 4.56. The molecule has 0 bridgehead atoms. The van der Waals surface area contributed by atoms with E-state index >= 15 is 0 Å². The molecule has 21 heavy (non-hydrogen) atoms. The number of carbonyl (C=O) groups is 1. The molecule has 0 fully saturated rings. The predicted octanol–water partition coefficient (Wildman–Crippen LogP) is 4.22. The second kappa shape index (κ2) is 7.07. The number of hydrogen-bond donors (Lipinski definition) is 0. The van der Waals surface area contributed by atoms with Gasteiger partial charge in [-0.25, -0.2) is 0 Å². The minimum Gasteiger partial charge on any atom is -0.334 e. The van der Waals surface area contributed by atoms with E-state index in [9.17, 15) is 4.79 Å². The first-order valence-electron chi connectivity index (χ1n) is 7.67. The molecule has 0 saturated heterocycles. The minimum absolute atomic E-state index is 0.137. The molecule has 2 nitrogen and oxygen atoms in total. The minimum atomic E-state index is 0.137. The molecule has 0 saturated carbocycles. The second-order valence-electron chi connectivity index (χ2n) is 5.11. The maximum absolute atomic E-state index is 12.5. The van der Waals surface area contributed by atoms with Crippen molar-refractivity contribution < 1.29 is 4.79 Å². The van der Waals surface area contributed by atoms with Crippen LogP contribution in [0.3, 0.4) is 0 Å². The van der Waals surface area contributed by atoms with Gasteiger partial charge in [-0.1, -0.05) is 55.8 Å². The summed E-state index contributed by atoms with van der Waals surface area (Å²) in [6.07, 6.45) is 0.952. The number of nitrogens with zero attached hydrogens (tertiary/aromatic N) is 1. The molecule has 1 heterocycles. The van der Waals surface area contributed by atoms with E-state index in [0.29, 0.717) is 0 Å². The van der Waals surface area contributed by atoms with Crippen LogP contribution in [0.5, 0.6) is 0 Å². The summed E-state index contributed by atoms with van der Waals surface area (Å²) in [5, 5.41) is 0. The molecule has 0 spiro atoms. The average Bonchev–Trinajstić information content (AvgIpc) is 2.55. The quantitative estimate of drug-likeness (QED) is 0.766. The Hall–Kier alpha value is -2.09. The molecule has 110 valence electrons. The summed E-state index contributed by atoms with van der Waals surface area (Å²) < 4.78 is 0. The van der Waals surface area contributed by atoms with E-state index in [4.69, 9.17) is 0 Å². The van der Waals surface area contributed by atoms with E-state index < -0.39 is 0 Å². The van der Waals surface area contributed by atoms with Crippen LogP contribution in [0, 0.1) is 6.92 Å². The SMILES string of the molecule is CC.Cc1cccc(C(=O)N2CCc3ccccc3C2)c1. The molecular weight excluding hydrogens is 258 g/mol. The van der Waals surface area contributed by atoms with Crippen LogP contribution < -0.4 is 0 Å². The maximum atomic E-state index is 12.5. The molecule has 2 heteroatoms. The third-order valence-corrected chi connectivity index (χ3v) is 3.68. The number of hydrogen-bond acceptors (Lipinski definition) is 1. The Morgan fingerprint density at radius 1 is 1.00 bits per heavy atom. The monoisotopic (exact) mass is 281 g/mol. The highest BCUT2D eigenvalue weighted by Gasteiger charge is 2.21. The molecule has 1 aliphatic heterocycles. The molecule has 0 unspecified atom stereocenters. The Kier molecular flexibility index (Phi) is 5.15. The van der Waals surface area contributed by atoms with Crippen LogP contribution >= 0.6 is 0 Å². The van der Waals surface area contributed by atoms with Crippen LogP contribution in [0.25, 0.3) is 0 Å². The Morgan fingerprint density at radius 3 is 2.43 bits per heavy atom. The summed E-state index contributed by atoms with van der Waals surface area (Å²) in [7, 11) is 0. The lowest BCUT2D eigenvalue weighted by Gasteiger charge is -2.29. The number of benzene rings is 2. The Bertz CT molecular complexity index is 618. The second-order valence-corrected chi connectivity index (χ2v) is 5.11. The van der Waals surface area contributed by atoms with E-state index in [2.05, 4.69) is 18.2 Å². The van der Waals surface area contributed by atoms with Crippen molar-refractivity contribution in [3.05, 3.63) is 70.8 Å². The van der Waals surface area contributed by atoms with Gasteiger partial charge in [0.05, 0.1) is 0 Å². The molecule has 0 N–H and O–H groups in total. The van der Waals surface area contributed by atoms with Gasteiger partial charge in [0, 0.05) is 18.7 Å². The fraction of sp³-hybridized carbons (Fsp3) is 0.316. The zero-order valence-electron chi connectivity index (χ0n) is 13.1. The zero-order valence-corrected chi connectivity index (χ0v) is 13.1. The molecule has 2 aromatic carbocycles. The van der Waals surface area contributed by atoms with E-state index in [1.807, 2.05) is 56.0 Å². The average molecular weight is 281 g/mol. The normalized spacial score (nSPS) is 13.0. The van der Waals surface area contributed by atoms with Crippen LogP contribution in [0.4, 0.5) is 0 Å². The highest BCUT2D eigenvalue weighted by Crippen LogP contribution is 2.20. The van der Waals surface area contributed by atoms with Crippen molar-refractivity contribution in [3.8, 4) is 0 Å². The van der Waals surface area contributed by atoms with Crippen molar-refractivity contribution in [2.24, 2.45) is 0 Å². The summed E-state index contributed by atoms with van der Waals surface area (Å²) in [5.74, 6) is 0.137. The topological polar surface area (TPSA) is 20.3 Å². The fourth-order valence-corrected chi connectivity index (χ4v) is 2.63. The highest BCUT2D eigenvalue weighted by atomic mass is 16.2. The lowest BCUT2D eigenvalue weighted by Crippen LogP contribution is -2.35. The molecule has 0 aromatic heterocycles. The molecule has 3 rings (SSSR count). The van der Waals surface area contributed by atoms with Crippen molar-refractivity contribution >= 4 is 5.91 Å². The van der Waals surface area contributed by atoms with Crippen molar-refractivity contribution in [2.45, 2.75) is 33.7 Å². The molecule has 0 atom stereocenters. The van der Waals surface area contributed by atoms with Gasteiger partial charge in [-0.2, -0.15) is 0 Å². The van der Waals surface area contributed by atoms with Gasteiger partial charge in [-0.3, -0.25) is 4.79 Å². The third-order valence-electron chi connectivity index (χ3n) is 3.68. The Morgan fingerprint density at radius 2 is 1.71 bits per heavy atom. The molecule has 0 aliphatic carbocycles. The number of fused-ring (bicyclic) bond motifs is 1. The largest absolute Gasteiger partial charge is 0.334 e. The van der Waals surface area contributed by atoms with Crippen molar-refractivity contribution in [1.29, 1.82) is 0 Å². The fourth-order valence-electron chi connectivity index (χ4n) is 2.63. The molecule has 1 aliphatic rings.